The van der Waals surface area contributed by atoms with E-state index in [0.29, 0.717) is 17.8 Å². The van der Waals surface area contributed by atoms with Gasteiger partial charge < -0.3 is 10.1 Å². The smallest absolute Gasteiger partial charge is 0.415 e. The minimum Gasteiger partial charge on any atom is -0.447 e. The highest BCUT2D eigenvalue weighted by Crippen LogP contribution is 2.55. The van der Waals surface area contributed by atoms with Crippen LogP contribution in [0, 0.1) is 29.4 Å². The third-order valence-corrected chi connectivity index (χ3v) is 8.70. The fourth-order valence-corrected chi connectivity index (χ4v) is 7.54. The number of anilines is 1. The van der Waals surface area contributed by atoms with Gasteiger partial charge in [0.2, 0.25) is 5.43 Å². The molecule has 1 saturated heterocycles. The number of cyclic esters (lactones) is 1. The number of nitrogens with one attached hydrogen (secondary N) is 1. The fraction of sp³-hybridized carbons (Fsp3) is 0.429. The first-order chi connectivity index (χ1) is 18.3. The molecule has 196 valence electrons. The van der Waals surface area contributed by atoms with Crippen molar-refractivity contribution in [2.45, 2.75) is 44.1 Å². The summed E-state index contributed by atoms with van der Waals surface area (Å²) in [7, 11) is 0. The SMILES string of the molecule is O=C(NC12CC3CC(CC(C3)C1)C2)c1cn(-c2ccc(F)cc2F)c2nc(N3CCOC3=O)ccc2c1=O. The largest absolute Gasteiger partial charge is 0.447 e. The van der Waals surface area contributed by atoms with E-state index in [9.17, 15) is 23.2 Å². The Morgan fingerprint density at radius 1 is 1.03 bits per heavy atom. The maximum atomic E-state index is 15.0. The van der Waals surface area contributed by atoms with Crippen molar-refractivity contribution in [1.29, 1.82) is 0 Å². The molecule has 2 amide bonds. The zero-order chi connectivity index (χ0) is 26.2. The Kier molecular flexibility index (Phi) is 5.12. The van der Waals surface area contributed by atoms with Gasteiger partial charge in [0, 0.05) is 17.8 Å². The molecule has 1 aliphatic heterocycles. The summed E-state index contributed by atoms with van der Waals surface area (Å²) in [6.07, 6.45) is 7.06. The summed E-state index contributed by atoms with van der Waals surface area (Å²) in [5, 5.41) is 3.30. The molecule has 5 aliphatic rings. The van der Waals surface area contributed by atoms with E-state index in [2.05, 4.69) is 10.3 Å². The number of amides is 2. The van der Waals surface area contributed by atoms with Crippen LogP contribution >= 0.6 is 0 Å². The quantitative estimate of drug-likeness (QED) is 0.553. The molecular weight excluding hydrogens is 494 g/mol. The number of fused-ring (bicyclic) bond motifs is 1. The molecule has 38 heavy (non-hydrogen) atoms. The number of benzene rings is 1. The lowest BCUT2D eigenvalue weighted by Crippen LogP contribution is -2.60. The number of carbonyl (C=O) groups is 2. The number of ether oxygens (including phenoxy) is 1. The second-order valence-electron chi connectivity index (χ2n) is 11.3. The second kappa shape index (κ2) is 8.34. The van der Waals surface area contributed by atoms with E-state index in [1.807, 2.05) is 0 Å². The molecule has 4 aliphatic carbocycles. The maximum absolute atomic E-state index is 15.0. The van der Waals surface area contributed by atoms with Gasteiger partial charge in [-0.05, 0) is 80.5 Å². The van der Waals surface area contributed by atoms with Crippen molar-refractivity contribution >= 4 is 28.9 Å². The fourth-order valence-electron chi connectivity index (χ4n) is 7.54. The summed E-state index contributed by atoms with van der Waals surface area (Å²) < 4.78 is 35.0. The molecule has 8 nitrogen and oxygen atoms in total. The van der Waals surface area contributed by atoms with Crippen molar-refractivity contribution in [3.05, 3.63) is 63.9 Å². The molecule has 0 unspecified atom stereocenters. The first kappa shape index (κ1) is 23.3. The van der Waals surface area contributed by atoms with Gasteiger partial charge in [-0.3, -0.25) is 19.1 Å². The number of hydrogen-bond acceptors (Lipinski definition) is 5. The molecule has 4 saturated carbocycles. The third kappa shape index (κ3) is 3.68. The van der Waals surface area contributed by atoms with Crippen LogP contribution in [0.3, 0.4) is 0 Å². The zero-order valence-corrected chi connectivity index (χ0v) is 20.6. The molecule has 0 radical (unpaired) electrons. The van der Waals surface area contributed by atoms with Crippen molar-refractivity contribution in [3.8, 4) is 5.69 Å². The topological polar surface area (TPSA) is 93.5 Å². The van der Waals surface area contributed by atoms with E-state index in [0.717, 1.165) is 31.4 Å². The molecular formula is C28H26F2N4O4. The van der Waals surface area contributed by atoms with Gasteiger partial charge in [0.05, 0.1) is 17.6 Å². The number of halogens is 2. The van der Waals surface area contributed by atoms with Crippen LogP contribution in [0.25, 0.3) is 16.7 Å². The Labute approximate surface area is 216 Å². The van der Waals surface area contributed by atoms with Crippen molar-refractivity contribution in [2.75, 3.05) is 18.1 Å². The lowest BCUT2D eigenvalue weighted by atomic mass is 9.53. The van der Waals surface area contributed by atoms with E-state index in [1.54, 1.807) is 0 Å². The van der Waals surface area contributed by atoms with Crippen molar-refractivity contribution in [3.63, 3.8) is 0 Å². The van der Waals surface area contributed by atoms with E-state index in [4.69, 9.17) is 4.74 Å². The Bertz CT molecular complexity index is 1530. The van der Waals surface area contributed by atoms with Crippen molar-refractivity contribution in [1.82, 2.24) is 14.9 Å². The van der Waals surface area contributed by atoms with Gasteiger partial charge in [-0.25, -0.2) is 18.6 Å². The van der Waals surface area contributed by atoms with Crippen molar-refractivity contribution < 1.29 is 23.1 Å². The van der Waals surface area contributed by atoms with E-state index in [1.165, 1.54) is 53.1 Å². The Morgan fingerprint density at radius 3 is 2.37 bits per heavy atom. The summed E-state index contributed by atoms with van der Waals surface area (Å²) in [5.74, 6) is -0.113. The first-order valence-corrected chi connectivity index (χ1v) is 13.1. The second-order valence-corrected chi connectivity index (χ2v) is 11.3. The minimum absolute atomic E-state index is 0.0454. The average Bonchev–Trinajstić information content (AvgIpc) is 3.29. The summed E-state index contributed by atoms with van der Waals surface area (Å²) in [5.41, 5.74) is -1.02. The predicted octanol–water partition coefficient (Wildman–Crippen LogP) is 4.32. The molecule has 3 heterocycles. The third-order valence-electron chi connectivity index (χ3n) is 8.70. The molecule has 5 fully saturated rings. The Morgan fingerprint density at radius 2 is 1.74 bits per heavy atom. The standard InChI is InChI=1S/C28H26F2N4O4/c29-18-1-3-22(21(30)10-18)34-14-20(26(36)32-28-11-15-7-16(12-28)9-17(8-15)13-28)24(35)19-2-4-23(31-25(19)34)33-5-6-38-27(33)37/h1-4,10,14-17H,5-9,11-13H2,(H,32,36). The summed E-state index contributed by atoms with van der Waals surface area (Å²) >= 11 is 0. The van der Waals surface area contributed by atoms with E-state index < -0.39 is 29.1 Å². The van der Waals surface area contributed by atoms with Crippen LogP contribution in [0.5, 0.6) is 0 Å². The summed E-state index contributed by atoms with van der Waals surface area (Å²) in [4.78, 5) is 45.2. The number of carbonyl (C=O) groups excluding carboxylic acids is 2. The summed E-state index contributed by atoms with van der Waals surface area (Å²) in [6, 6.07) is 6.04. The molecule has 10 heteroatoms. The summed E-state index contributed by atoms with van der Waals surface area (Å²) in [6.45, 7) is 0.472. The number of pyridine rings is 2. The van der Waals surface area contributed by atoms with Crippen LogP contribution in [0.15, 0.2) is 41.3 Å². The molecule has 1 N–H and O–H groups in total. The number of nitrogens with zero attached hydrogens (tertiary/aromatic N) is 3. The maximum Gasteiger partial charge on any atom is 0.415 e. The minimum atomic E-state index is -0.879. The molecule has 0 spiro atoms. The van der Waals surface area contributed by atoms with Gasteiger partial charge in [-0.15, -0.1) is 0 Å². The molecule has 0 atom stereocenters. The van der Waals surface area contributed by atoms with Gasteiger partial charge >= 0.3 is 6.09 Å². The lowest BCUT2D eigenvalue weighted by molar-refractivity contribution is -0.0167. The molecule has 2 aromatic heterocycles. The predicted molar refractivity (Wildman–Crippen MR) is 134 cm³/mol. The Balaban J connectivity index is 1.35. The van der Waals surface area contributed by atoms with Crippen LogP contribution in [0.4, 0.5) is 19.4 Å². The van der Waals surface area contributed by atoms with Gasteiger partial charge in [-0.2, -0.15) is 0 Å². The van der Waals surface area contributed by atoms with Gasteiger partial charge in [-0.1, -0.05) is 0 Å². The number of hydrogen-bond donors (Lipinski definition) is 1. The zero-order valence-electron chi connectivity index (χ0n) is 20.6. The van der Waals surface area contributed by atoms with E-state index >= 15 is 0 Å². The number of aromatic nitrogens is 2. The first-order valence-electron chi connectivity index (χ1n) is 13.1. The average molecular weight is 521 g/mol. The van der Waals surface area contributed by atoms with Crippen molar-refractivity contribution in [2.24, 2.45) is 17.8 Å². The van der Waals surface area contributed by atoms with Crippen LogP contribution in [0.1, 0.15) is 48.9 Å². The molecule has 8 rings (SSSR count). The monoisotopic (exact) mass is 520 g/mol. The highest BCUT2D eigenvalue weighted by atomic mass is 19.1. The normalized spacial score (nSPS) is 27.7. The van der Waals surface area contributed by atoms with Gasteiger partial charge in [0.25, 0.3) is 5.91 Å². The van der Waals surface area contributed by atoms with Crippen LogP contribution in [0.2, 0.25) is 0 Å². The highest BCUT2D eigenvalue weighted by molar-refractivity contribution is 5.98. The molecule has 3 aromatic rings. The van der Waals surface area contributed by atoms with Crippen LogP contribution in [-0.2, 0) is 4.74 Å². The number of rotatable bonds is 4. The van der Waals surface area contributed by atoms with Gasteiger partial charge in [0.15, 0.2) is 5.65 Å². The highest BCUT2D eigenvalue weighted by Gasteiger charge is 2.51. The van der Waals surface area contributed by atoms with E-state index in [-0.39, 0.29) is 46.8 Å². The Hall–Kier alpha value is -3.82. The van der Waals surface area contributed by atoms with Crippen LogP contribution < -0.4 is 15.6 Å². The molecule has 4 bridgehead atoms. The molecule has 1 aromatic carbocycles. The van der Waals surface area contributed by atoms with Gasteiger partial charge in [0.1, 0.15) is 29.6 Å². The van der Waals surface area contributed by atoms with Crippen LogP contribution in [-0.4, -0.2) is 40.2 Å². The lowest BCUT2D eigenvalue weighted by Gasteiger charge is -2.56.